The smallest absolute Gasteiger partial charge is 0.243 e. The Morgan fingerprint density at radius 2 is 2.14 bits per heavy atom. The molecule has 0 saturated heterocycles. The summed E-state index contributed by atoms with van der Waals surface area (Å²) in [6.45, 7) is 2.04. The Bertz CT molecular complexity index is 694. The fourth-order valence-electron chi connectivity index (χ4n) is 1.79. The first-order valence-corrected chi connectivity index (χ1v) is 7.15. The first-order chi connectivity index (χ1) is 10.3. The van der Waals surface area contributed by atoms with Crippen molar-refractivity contribution >= 4 is 23.2 Å². The Hall–Kier alpha value is -2.52. The summed E-state index contributed by atoms with van der Waals surface area (Å²) in [4.78, 5) is 18.0. The molecule has 4 N–H and O–H groups in total. The Labute approximate surface area is 125 Å². The molecule has 0 bridgehead atoms. The molecule has 0 aliphatic carbocycles. The van der Waals surface area contributed by atoms with Crippen LogP contribution in [0.2, 0.25) is 0 Å². The minimum atomic E-state index is 0.0914. The summed E-state index contributed by atoms with van der Waals surface area (Å²) in [5, 5.41) is 5.27. The highest BCUT2D eigenvalue weighted by molar-refractivity contribution is 7.10. The number of anilines is 2. The molecule has 9 heteroatoms. The zero-order chi connectivity index (χ0) is 14.7. The van der Waals surface area contributed by atoms with Gasteiger partial charge in [0.05, 0.1) is 6.04 Å². The fourth-order valence-corrected chi connectivity index (χ4v) is 2.52. The van der Waals surface area contributed by atoms with Crippen LogP contribution in [-0.4, -0.2) is 24.5 Å². The summed E-state index contributed by atoms with van der Waals surface area (Å²) in [7, 11) is 0. The highest BCUT2D eigenvalue weighted by Crippen LogP contribution is 2.22. The van der Waals surface area contributed by atoms with Gasteiger partial charge in [0.1, 0.15) is 6.33 Å². The third kappa shape index (κ3) is 2.98. The average Bonchev–Trinajstić information content (AvgIpc) is 3.19. The van der Waals surface area contributed by atoms with Crippen LogP contribution >= 0.6 is 11.3 Å². The molecule has 8 nitrogen and oxygen atoms in total. The molecule has 0 saturated carbocycles. The average molecular weight is 302 g/mol. The van der Waals surface area contributed by atoms with Gasteiger partial charge in [-0.1, -0.05) is 6.07 Å². The number of rotatable bonds is 5. The lowest BCUT2D eigenvalue weighted by molar-refractivity contribution is 0.845. The van der Waals surface area contributed by atoms with E-state index in [-0.39, 0.29) is 12.0 Å². The number of nitrogens with two attached hydrogens (primary N) is 1. The van der Waals surface area contributed by atoms with E-state index in [1.807, 2.05) is 18.4 Å². The van der Waals surface area contributed by atoms with Crippen LogP contribution in [0.15, 0.2) is 36.2 Å². The highest BCUT2D eigenvalue weighted by atomic mass is 32.1. The second-order valence-electron chi connectivity index (χ2n) is 4.28. The molecule has 3 heterocycles. The van der Waals surface area contributed by atoms with E-state index < -0.39 is 0 Å². The summed E-state index contributed by atoms with van der Waals surface area (Å²) in [5.74, 6) is 6.59. The molecule has 0 spiro atoms. The number of nitrogen functional groups attached to an aromatic ring is 1. The van der Waals surface area contributed by atoms with Crippen molar-refractivity contribution in [2.75, 3.05) is 10.7 Å². The molecule has 0 radical (unpaired) electrons. The molecule has 21 heavy (non-hydrogen) atoms. The van der Waals surface area contributed by atoms with Crippen molar-refractivity contribution < 1.29 is 0 Å². The van der Waals surface area contributed by atoms with Crippen LogP contribution in [0.5, 0.6) is 0 Å². The van der Waals surface area contributed by atoms with Gasteiger partial charge in [-0.2, -0.15) is 15.0 Å². The summed E-state index contributed by atoms with van der Waals surface area (Å²) in [5.41, 5.74) is 2.44. The van der Waals surface area contributed by atoms with Gasteiger partial charge in [0.2, 0.25) is 17.8 Å². The van der Waals surface area contributed by atoms with Crippen LogP contribution in [0.3, 0.4) is 0 Å². The van der Waals surface area contributed by atoms with Crippen LogP contribution in [0, 0.1) is 0 Å². The molecule has 0 aliphatic heterocycles. The highest BCUT2D eigenvalue weighted by Gasteiger charge is 2.11. The molecule has 108 valence electrons. The van der Waals surface area contributed by atoms with Gasteiger partial charge < -0.3 is 5.32 Å². The van der Waals surface area contributed by atoms with E-state index in [1.165, 1.54) is 4.88 Å². The number of nitrogens with one attached hydrogen (secondary N) is 2. The number of aromatic nitrogens is 5. The minimum Gasteiger partial charge on any atom is -0.347 e. The van der Waals surface area contributed by atoms with Crippen LogP contribution in [0.4, 0.5) is 11.9 Å². The third-order valence-electron chi connectivity index (χ3n) is 2.80. The molecule has 0 aromatic carbocycles. The van der Waals surface area contributed by atoms with Gasteiger partial charge in [0.15, 0.2) is 0 Å². The normalized spacial score (nSPS) is 12.1. The monoisotopic (exact) mass is 302 g/mol. The molecule has 1 unspecified atom stereocenters. The van der Waals surface area contributed by atoms with E-state index in [2.05, 4.69) is 36.7 Å². The predicted molar refractivity (Wildman–Crippen MR) is 81.1 cm³/mol. The lowest BCUT2D eigenvalue weighted by atomic mass is 10.3. The molecule has 0 fully saturated rings. The molecular weight excluding hydrogens is 288 g/mol. The van der Waals surface area contributed by atoms with Crippen molar-refractivity contribution in [3.8, 4) is 5.95 Å². The maximum Gasteiger partial charge on any atom is 0.243 e. The summed E-state index contributed by atoms with van der Waals surface area (Å²) < 4.78 is 1.68. The summed E-state index contributed by atoms with van der Waals surface area (Å²) >= 11 is 1.67. The summed E-state index contributed by atoms with van der Waals surface area (Å²) in [6.07, 6.45) is 5.02. The Balaban J connectivity index is 1.89. The van der Waals surface area contributed by atoms with E-state index in [4.69, 9.17) is 5.84 Å². The Kier molecular flexibility index (Phi) is 3.75. The number of thiophene rings is 1. The first kappa shape index (κ1) is 13.5. The van der Waals surface area contributed by atoms with Gasteiger partial charge >= 0.3 is 0 Å². The second-order valence-corrected chi connectivity index (χ2v) is 5.26. The van der Waals surface area contributed by atoms with Crippen LogP contribution in [0.25, 0.3) is 5.95 Å². The molecule has 0 aliphatic rings. The maximum absolute atomic E-state index is 5.41. The number of nitrogens with zero attached hydrogens (tertiary/aromatic N) is 5. The van der Waals surface area contributed by atoms with Gasteiger partial charge in [-0.25, -0.2) is 10.8 Å². The van der Waals surface area contributed by atoms with E-state index in [9.17, 15) is 0 Å². The van der Waals surface area contributed by atoms with Crippen LogP contribution < -0.4 is 16.6 Å². The van der Waals surface area contributed by atoms with Crippen molar-refractivity contribution in [1.29, 1.82) is 0 Å². The molecule has 0 amide bonds. The molecule has 3 aromatic rings. The number of hydrogen-bond acceptors (Lipinski definition) is 8. The molecule has 3 aromatic heterocycles. The lowest BCUT2D eigenvalue weighted by Gasteiger charge is -2.13. The Morgan fingerprint density at radius 3 is 2.81 bits per heavy atom. The van der Waals surface area contributed by atoms with Crippen molar-refractivity contribution in [1.82, 2.24) is 24.5 Å². The van der Waals surface area contributed by atoms with Crippen LogP contribution in [0.1, 0.15) is 17.8 Å². The van der Waals surface area contributed by atoms with E-state index in [0.29, 0.717) is 11.9 Å². The molecular formula is C12H14N8S. The van der Waals surface area contributed by atoms with Crippen molar-refractivity contribution in [2.24, 2.45) is 5.84 Å². The third-order valence-corrected chi connectivity index (χ3v) is 3.86. The van der Waals surface area contributed by atoms with E-state index in [0.717, 1.165) is 0 Å². The molecule has 1 atom stereocenters. The SMILES string of the molecule is CC(Nc1nc(NN)nc(-n2ccnc2)n1)c1cccs1. The standard InChI is InChI=1S/C12H14N8S/c1-8(9-3-2-6-21-9)15-10-16-11(19-13)18-12(17-10)20-5-4-14-7-20/h2-8H,13H2,1H3,(H2,15,16,17,18,19). The fraction of sp³-hybridized carbons (Fsp3) is 0.167. The largest absolute Gasteiger partial charge is 0.347 e. The first-order valence-electron chi connectivity index (χ1n) is 6.27. The predicted octanol–water partition coefficient (Wildman–Crippen LogP) is 1.58. The van der Waals surface area contributed by atoms with Crippen molar-refractivity contribution in [2.45, 2.75) is 13.0 Å². The van der Waals surface area contributed by atoms with Gasteiger partial charge in [0.25, 0.3) is 0 Å². The quantitative estimate of drug-likeness (QED) is 0.485. The van der Waals surface area contributed by atoms with E-state index in [1.54, 1.807) is 34.6 Å². The maximum atomic E-state index is 5.41. The van der Waals surface area contributed by atoms with Gasteiger partial charge in [-0.3, -0.25) is 9.99 Å². The van der Waals surface area contributed by atoms with Crippen LogP contribution in [-0.2, 0) is 0 Å². The number of imidazole rings is 1. The number of hydrazine groups is 1. The van der Waals surface area contributed by atoms with Gasteiger partial charge in [-0.05, 0) is 18.4 Å². The topological polar surface area (TPSA) is 107 Å². The molecule has 3 rings (SSSR count). The number of hydrogen-bond donors (Lipinski definition) is 3. The minimum absolute atomic E-state index is 0.0914. The van der Waals surface area contributed by atoms with Gasteiger partial charge in [0, 0.05) is 17.3 Å². The summed E-state index contributed by atoms with van der Waals surface area (Å²) in [6, 6.07) is 4.16. The Morgan fingerprint density at radius 1 is 1.29 bits per heavy atom. The zero-order valence-electron chi connectivity index (χ0n) is 11.3. The second kappa shape index (κ2) is 5.85. The van der Waals surface area contributed by atoms with Crippen molar-refractivity contribution in [3.05, 3.63) is 41.1 Å². The van der Waals surface area contributed by atoms with Crippen molar-refractivity contribution in [3.63, 3.8) is 0 Å². The lowest BCUT2D eigenvalue weighted by Crippen LogP contribution is -2.16. The zero-order valence-corrected chi connectivity index (χ0v) is 12.1. The van der Waals surface area contributed by atoms with E-state index >= 15 is 0 Å². The van der Waals surface area contributed by atoms with Gasteiger partial charge in [-0.15, -0.1) is 11.3 Å².